The summed E-state index contributed by atoms with van der Waals surface area (Å²) >= 11 is 0. The van der Waals surface area contributed by atoms with Crippen LogP contribution in [0.1, 0.15) is 36.1 Å². The first kappa shape index (κ1) is 21.6. The molecule has 0 saturated heterocycles. The lowest BCUT2D eigenvalue weighted by molar-refractivity contribution is -0.133. The van der Waals surface area contributed by atoms with Gasteiger partial charge in [0.2, 0.25) is 5.91 Å². The van der Waals surface area contributed by atoms with Gasteiger partial charge in [-0.2, -0.15) is 0 Å². The second-order valence-electron chi connectivity index (χ2n) is 7.94. The predicted octanol–water partition coefficient (Wildman–Crippen LogP) is 4.61. The Labute approximate surface area is 189 Å². The maximum Gasteiger partial charge on any atom is 0.264 e. The average molecular weight is 429 g/mol. The Hall–Kier alpha value is -3.60. The number of carbonyl (C=O) groups excluding carboxylic acids is 2. The molecule has 164 valence electrons. The smallest absolute Gasteiger partial charge is 0.264 e. The van der Waals surface area contributed by atoms with Crippen LogP contribution in [0.5, 0.6) is 5.75 Å². The highest BCUT2D eigenvalue weighted by Crippen LogP contribution is 2.37. The van der Waals surface area contributed by atoms with Crippen molar-refractivity contribution in [2.75, 3.05) is 25.1 Å². The molecule has 1 atom stereocenters. The van der Waals surface area contributed by atoms with Crippen LogP contribution in [0, 0.1) is 0 Å². The zero-order chi connectivity index (χ0) is 22.5. The Balaban J connectivity index is 1.57. The maximum absolute atomic E-state index is 12.7. The quantitative estimate of drug-likeness (QED) is 0.576. The Bertz CT molecular complexity index is 1080. The molecule has 3 aromatic carbocycles. The fourth-order valence-electron chi connectivity index (χ4n) is 4.19. The number of anilines is 1. The molecule has 1 unspecified atom stereocenters. The van der Waals surface area contributed by atoms with Crippen LogP contribution in [0.2, 0.25) is 0 Å². The minimum Gasteiger partial charge on any atom is -0.484 e. The molecule has 0 saturated carbocycles. The summed E-state index contributed by atoms with van der Waals surface area (Å²) in [6.07, 6.45) is 1.27. The molecule has 1 aliphatic heterocycles. The van der Waals surface area contributed by atoms with E-state index < -0.39 is 0 Å². The van der Waals surface area contributed by atoms with Crippen LogP contribution >= 0.6 is 0 Å². The van der Waals surface area contributed by atoms with Gasteiger partial charge in [0, 0.05) is 25.7 Å². The van der Waals surface area contributed by atoms with Crippen molar-refractivity contribution in [3.63, 3.8) is 0 Å². The lowest BCUT2D eigenvalue weighted by Gasteiger charge is -2.38. The van der Waals surface area contributed by atoms with Gasteiger partial charge in [-0.3, -0.25) is 9.59 Å². The molecular weight excluding hydrogens is 400 g/mol. The number of amides is 2. The van der Waals surface area contributed by atoms with Gasteiger partial charge in [0.05, 0.1) is 6.04 Å². The third kappa shape index (κ3) is 4.52. The average Bonchev–Trinajstić information content (AvgIpc) is 2.86. The SMILES string of the molecule is CCC(=O)N1CCc2ccc(OCC(=O)N(C)c3ccccc3)cc2C1c1ccccc1. The summed E-state index contributed by atoms with van der Waals surface area (Å²) in [5.41, 5.74) is 4.17. The molecule has 0 aliphatic carbocycles. The van der Waals surface area contributed by atoms with E-state index in [0.29, 0.717) is 18.7 Å². The zero-order valence-corrected chi connectivity index (χ0v) is 18.5. The van der Waals surface area contributed by atoms with Gasteiger partial charge >= 0.3 is 0 Å². The summed E-state index contributed by atoms with van der Waals surface area (Å²) in [6.45, 7) is 2.53. The summed E-state index contributed by atoms with van der Waals surface area (Å²) in [6, 6.07) is 25.4. The number of nitrogens with zero attached hydrogens (tertiary/aromatic N) is 2. The van der Waals surface area contributed by atoms with Crippen LogP contribution in [0.15, 0.2) is 78.9 Å². The molecule has 0 N–H and O–H groups in total. The summed E-state index contributed by atoms with van der Waals surface area (Å²) in [5.74, 6) is 0.636. The summed E-state index contributed by atoms with van der Waals surface area (Å²) < 4.78 is 5.89. The molecule has 2 amide bonds. The van der Waals surface area contributed by atoms with Gasteiger partial charge < -0.3 is 14.5 Å². The van der Waals surface area contributed by atoms with E-state index in [1.807, 2.05) is 72.5 Å². The Morgan fingerprint density at radius 2 is 1.69 bits per heavy atom. The topological polar surface area (TPSA) is 49.9 Å². The molecule has 1 aliphatic rings. The summed E-state index contributed by atoms with van der Waals surface area (Å²) in [4.78, 5) is 28.9. The van der Waals surface area contributed by atoms with Crippen molar-refractivity contribution in [3.05, 3.63) is 95.6 Å². The molecule has 5 nitrogen and oxygen atoms in total. The lowest BCUT2D eigenvalue weighted by Crippen LogP contribution is -2.40. The van der Waals surface area contributed by atoms with Crippen LogP contribution in [0.4, 0.5) is 5.69 Å². The van der Waals surface area contributed by atoms with E-state index in [2.05, 4.69) is 18.2 Å². The normalized spacial score (nSPS) is 15.1. The van der Waals surface area contributed by atoms with Crippen molar-refractivity contribution in [2.24, 2.45) is 0 Å². The standard InChI is InChI=1S/C27H28N2O3/c1-3-25(30)29-17-16-20-14-15-23(18-24(20)27(29)21-10-6-4-7-11-21)32-19-26(31)28(2)22-12-8-5-9-13-22/h4-15,18,27H,3,16-17,19H2,1-2H3. The minimum atomic E-state index is -0.154. The van der Waals surface area contributed by atoms with Crippen molar-refractivity contribution in [2.45, 2.75) is 25.8 Å². The van der Waals surface area contributed by atoms with Crippen molar-refractivity contribution in [1.82, 2.24) is 4.90 Å². The van der Waals surface area contributed by atoms with Crippen LogP contribution in [-0.4, -0.2) is 36.9 Å². The second-order valence-corrected chi connectivity index (χ2v) is 7.94. The molecule has 5 heteroatoms. The monoisotopic (exact) mass is 428 g/mol. The van der Waals surface area contributed by atoms with Crippen LogP contribution in [0.25, 0.3) is 0 Å². The van der Waals surface area contributed by atoms with Crippen LogP contribution in [0.3, 0.4) is 0 Å². The van der Waals surface area contributed by atoms with E-state index >= 15 is 0 Å². The fraction of sp³-hybridized carbons (Fsp3) is 0.259. The van der Waals surface area contributed by atoms with E-state index in [9.17, 15) is 9.59 Å². The third-order valence-corrected chi connectivity index (χ3v) is 5.96. The molecule has 0 spiro atoms. The van der Waals surface area contributed by atoms with E-state index in [0.717, 1.165) is 23.2 Å². The van der Waals surface area contributed by atoms with Crippen molar-refractivity contribution in [1.29, 1.82) is 0 Å². The zero-order valence-electron chi connectivity index (χ0n) is 18.5. The van der Waals surface area contributed by atoms with Crippen LogP contribution in [-0.2, 0) is 16.0 Å². The Morgan fingerprint density at radius 3 is 2.38 bits per heavy atom. The van der Waals surface area contributed by atoms with Crippen molar-refractivity contribution < 1.29 is 14.3 Å². The molecule has 4 rings (SSSR count). The number of rotatable bonds is 6. The van der Waals surface area contributed by atoms with E-state index in [4.69, 9.17) is 4.74 Å². The number of benzene rings is 3. The highest BCUT2D eigenvalue weighted by atomic mass is 16.5. The van der Waals surface area contributed by atoms with Crippen molar-refractivity contribution in [3.8, 4) is 5.75 Å². The summed E-state index contributed by atoms with van der Waals surface area (Å²) in [7, 11) is 1.74. The number of fused-ring (bicyclic) bond motifs is 1. The van der Waals surface area contributed by atoms with Gasteiger partial charge in [-0.05, 0) is 47.4 Å². The largest absolute Gasteiger partial charge is 0.484 e. The predicted molar refractivity (Wildman–Crippen MR) is 126 cm³/mol. The van der Waals surface area contributed by atoms with E-state index in [1.54, 1.807) is 11.9 Å². The number of hydrogen-bond donors (Lipinski definition) is 0. The molecule has 32 heavy (non-hydrogen) atoms. The molecular formula is C27H28N2O3. The number of hydrogen-bond acceptors (Lipinski definition) is 3. The number of ether oxygens (including phenoxy) is 1. The van der Waals surface area contributed by atoms with Gasteiger partial charge in [-0.15, -0.1) is 0 Å². The van der Waals surface area contributed by atoms with Crippen LogP contribution < -0.4 is 9.64 Å². The summed E-state index contributed by atoms with van der Waals surface area (Å²) in [5, 5.41) is 0. The van der Waals surface area contributed by atoms with E-state index in [1.165, 1.54) is 5.56 Å². The molecule has 0 radical (unpaired) electrons. The first-order chi connectivity index (χ1) is 15.6. The fourth-order valence-corrected chi connectivity index (χ4v) is 4.19. The highest BCUT2D eigenvalue weighted by molar-refractivity contribution is 5.93. The third-order valence-electron chi connectivity index (χ3n) is 5.96. The minimum absolute atomic E-state index is 0.0577. The van der Waals surface area contributed by atoms with Gasteiger partial charge in [-0.1, -0.05) is 61.5 Å². The molecule has 0 bridgehead atoms. The second kappa shape index (κ2) is 9.69. The van der Waals surface area contributed by atoms with E-state index in [-0.39, 0.29) is 24.5 Å². The Kier molecular flexibility index (Phi) is 6.55. The van der Waals surface area contributed by atoms with Gasteiger partial charge in [-0.25, -0.2) is 0 Å². The van der Waals surface area contributed by atoms with Crippen molar-refractivity contribution >= 4 is 17.5 Å². The Morgan fingerprint density at radius 1 is 1.00 bits per heavy atom. The van der Waals surface area contributed by atoms with Gasteiger partial charge in [0.15, 0.2) is 6.61 Å². The molecule has 0 fully saturated rings. The maximum atomic E-state index is 12.7. The molecule has 3 aromatic rings. The highest BCUT2D eigenvalue weighted by Gasteiger charge is 2.31. The number of likely N-dealkylation sites (N-methyl/N-ethyl adjacent to an activating group) is 1. The van der Waals surface area contributed by atoms with Gasteiger partial charge in [0.25, 0.3) is 5.91 Å². The number of para-hydroxylation sites is 1. The molecule has 1 heterocycles. The lowest BCUT2D eigenvalue weighted by atomic mass is 9.87. The van der Waals surface area contributed by atoms with Gasteiger partial charge in [0.1, 0.15) is 5.75 Å². The number of carbonyl (C=O) groups is 2. The first-order valence-electron chi connectivity index (χ1n) is 11.0. The first-order valence-corrected chi connectivity index (χ1v) is 11.0. The molecule has 0 aromatic heterocycles.